The fourth-order valence-corrected chi connectivity index (χ4v) is 8.71. The van der Waals surface area contributed by atoms with Crippen molar-refractivity contribution in [1.29, 1.82) is 0 Å². The standard InChI is InChI=1S/C45H58N4O2.CH3Br/c1-34(2)51-41-16-10-14-38(29-41)30-43(50)49-26-11-21-44(32-49,40-19-18-35(3)36(4)28-40)23-27-48(31-37-12-6-5-7-13-37)33-45(22-24-46)42-17-9-8-15-39(42)20-25-47-45;1-2/h5-10,12-19,28-29,34,47H,11,20-27,30-33,46H2,1-4H3;1H3/p+1. The van der Waals surface area contributed by atoms with Gasteiger partial charge in [-0.2, -0.15) is 0 Å². The Morgan fingerprint density at radius 1 is 0.925 bits per heavy atom. The topological polar surface area (TPSA) is 72.0 Å². The number of hydrogen-bond donors (Lipinski definition) is 3. The number of likely N-dealkylation sites (tertiary alicyclic amines) is 1. The largest absolute Gasteiger partial charge is 0.491 e. The van der Waals surface area contributed by atoms with Crippen LogP contribution in [0.1, 0.15) is 78.5 Å². The quantitative estimate of drug-likeness (QED) is 0.120. The number of rotatable bonds is 14. The van der Waals surface area contributed by atoms with Crippen LogP contribution < -0.4 is 20.7 Å². The van der Waals surface area contributed by atoms with E-state index >= 15 is 0 Å². The van der Waals surface area contributed by atoms with E-state index < -0.39 is 0 Å². The number of benzene rings is 4. The molecule has 0 aliphatic carbocycles. The van der Waals surface area contributed by atoms with E-state index in [0.29, 0.717) is 13.0 Å². The molecule has 2 aliphatic rings. The molecule has 0 saturated carbocycles. The fraction of sp³-hybridized carbons (Fsp3) is 0.457. The van der Waals surface area contributed by atoms with Crippen LogP contribution in [0.5, 0.6) is 5.75 Å². The van der Waals surface area contributed by atoms with Crippen molar-refractivity contribution in [2.75, 3.05) is 45.1 Å². The number of nitrogens with zero attached hydrogens (tertiary/aromatic N) is 1. The summed E-state index contributed by atoms with van der Waals surface area (Å²) in [5.74, 6) is 2.83. The van der Waals surface area contributed by atoms with E-state index in [1.165, 1.54) is 33.4 Å². The molecule has 1 amide bonds. The molecule has 0 aromatic heterocycles. The predicted octanol–water partition coefficient (Wildman–Crippen LogP) is 7.07. The maximum atomic E-state index is 14.1. The van der Waals surface area contributed by atoms with Gasteiger partial charge in [0.15, 0.2) is 0 Å². The third-order valence-electron chi connectivity index (χ3n) is 11.4. The number of nitrogens with one attached hydrogen (secondary N) is 2. The van der Waals surface area contributed by atoms with Gasteiger partial charge in [-0.1, -0.05) is 101 Å². The number of ether oxygens (including phenoxy) is 1. The Hall–Kier alpha value is -3.49. The van der Waals surface area contributed by atoms with E-state index in [9.17, 15) is 4.79 Å². The minimum Gasteiger partial charge on any atom is -0.491 e. The highest BCUT2D eigenvalue weighted by Crippen LogP contribution is 2.38. The lowest BCUT2D eigenvalue weighted by Gasteiger charge is -2.45. The third kappa shape index (κ3) is 10.4. The van der Waals surface area contributed by atoms with Crippen LogP contribution in [-0.4, -0.2) is 62.0 Å². The summed E-state index contributed by atoms with van der Waals surface area (Å²) in [6, 6.07) is 35.0. The molecule has 1 fully saturated rings. The Bertz CT molecular complexity index is 1760. The number of aryl methyl sites for hydroxylation is 2. The lowest BCUT2D eigenvalue weighted by Crippen LogP contribution is -3.13. The van der Waals surface area contributed by atoms with Gasteiger partial charge in [-0.15, -0.1) is 0 Å². The number of carbonyl (C=O) groups is 1. The van der Waals surface area contributed by atoms with Crippen molar-refractivity contribution in [3.05, 3.63) is 136 Å². The van der Waals surface area contributed by atoms with Crippen LogP contribution in [0, 0.1) is 13.8 Å². The van der Waals surface area contributed by atoms with Gasteiger partial charge in [-0.05, 0) is 111 Å². The molecule has 53 heavy (non-hydrogen) atoms. The van der Waals surface area contributed by atoms with Crippen LogP contribution in [-0.2, 0) is 35.1 Å². The first-order valence-corrected chi connectivity index (χ1v) is 21.2. The van der Waals surface area contributed by atoms with Gasteiger partial charge in [0.2, 0.25) is 5.91 Å². The highest BCUT2D eigenvalue weighted by molar-refractivity contribution is 9.08. The Morgan fingerprint density at radius 2 is 1.68 bits per heavy atom. The number of nitrogens with two attached hydrogens (primary N) is 1. The van der Waals surface area contributed by atoms with Gasteiger partial charge in [0, 0.05) is 37.0 Å². The van der Waals surface area contributed by atoms with Crippen molar-refractivity contribution >= 4 is 21.8 Å². The number of piperidine rings is 1. The molecule has 0 radical (unpaired) electrons. The molecule has 2 aliphatic heterocycles. The number of alkyl halides is 1. The lowest BCUT2D eigenvalue weighted by molar-refractivity contribution is -0.919. The summed E-state index contributed by atoms with van der Waals surface area (Å²) >= 11 is 2.94. The zero-order valence-electron chi connectivity index (χ0n) is 32.7. The SMILES string of the molecule is CBr.Cc1ccc(C2(CC[NH+](Cc3ccccc3)CC3(CCN)NCCc4ccccc43)CCCN(C(=O)Cc3cccc(OC(C)C)c3)C2)cc1C. The van der Waals surface area contributed by atoms with E-state index in [4.69, 9.17) is 10.5 Å². The second-order valence-electron chi connectivity index (χ2n) is 15.5. The molecular weight excluding hydrogens is 720 g/mol. The van der Waals surface area contributed by atoms with Crippen molar-refractivity contribution in [1.82, 2.24) is 10.2 Å². The summed E-state index contributed by atoms with van der Waals surface area (Å²) in [4.78, 5) is 17.8. The summed E-state index contributed by atoms with van der Waals surface area (Å²) in [5, 5.41) is 4.00. The minimum absolute atomic E-state index is 0.0917. The molecule has 3 atom stereocenters. The first-order valence-electron chi connectivity index (χ1n) is 19.6. The molecule has 1 saturated heterocycles. The first-order chi connectivity index (χ1) is 25.7. The molecule has 284 valence electrons. The average Bonchev–Trinajstić information content (AvgIpc) is 3.16. The summed E-state index contributed by atoms with van der Waals surface area (Å²) in [5.41, 5.74) is 15.3. The summed E-state index contributed by atoms with van der Waals surface area (Å²) in [7, 11) is 0. The monoisotopic (exact) mass is 781 g/mol. The fourth-order valence-electron chi connectivity index (χ4n) is 8.71. The van der Waals surface area contributed by atoms with Crippen LogP contribution >= 0.6 is 15.9 Å². The maximum absolute atomic E-state index is 14.1. The Labute approximate surface area is 327 Å². The normalized spacial score (nSPS) is 20.3. The van der Waals surface area contributed by atoms with Gasteiger partial charge in [0.1, 0.15) is 18.8 Å². The highest BCUT2D eigenvalue weighted by atomic mass is 79.9. The average molecular weight is 783 g/mol. The van der Waals surface area contributed by atoms with Gasteiger partial charge < -0.3 is 25.6 Å². The first kappa shape index (κ1) is 40.7. The Morgan fingerprint density at radius 3 is 2.43 bits per heavy atom. The summed E-state index contributed by atoms with van der Waals surface area (Å²) in [6.45, 7) is 14.5. The molecule has 4 N–H and O–H groups in total. The minimum atomic E-state index is -0.177. The Kier molecular flexibility index (Phi) is 14.7. The van der Waals surface area contributed by atoms with Crippen molar-refractivity contribution in [3.63, 3.8) is 0 Å². The molecule has 0 bridgehead atoms. The number of hydrogen-bond acceptors (Lipinski definition) is 4. The molecule has 7 heteroatoms. The molecule has 6 rings (SSSR count). The summed E-state index contributed by atoms with van der Waals surface area (Å²) in [6.07, 6.45) is 5.49. The number of halogens is 1. The van der Waals surface area contributed by atoms with Crippen molar-refractivity contribution in [2.24, 2.45) is 5.73 Å². The van der Waals surface area contributed by atoms with Crippen LogP contribution in [0.25, 0.3) is 0 Å². The highest BCUT2D eigenvalue weighted by Gasteiger charge is 2.43. The lowest BCUT2D eigenvalue weighted by atomic mass is 9.70. The predicted molar refractivity (Wildman–Crippen MR) is 223 cm³/mol. The zero-order chi connectivity index (χ0) is 37.8. The second-order valence-corrected chi connectivity index (χ2v) is 15.5. The zero-order valence-corrected chi connectivity index (χ0v) is 34.3. The van der Waals surface area contributed by atoms with Crippen molar-refractivity contribution < 1.29 is 14.4 Å². The van der Waals surface area contributed by atoms with Gasteiger partial charge in [-0.3, -0.25) is 4.79 Å². The second kappa shape index (κ2) is 19.2. The van der Waals surface area contributed by atoms with E-state index in [1.807, 2.05) is 43.9 Å². The molecule has 4 aromatic rings. The van der Waals surface area contributed by atoms with Crippen molar-refractivity contribution in [2.45, 2.75) is 89.8 Å². The number of carbonyl (C=O) groups excluding carboxylic acids is 1. The van der Waals surface area contributed by atoms with E-state index in [1.54, 1.807) is 4.90 Å². The molecule has 0 spiro atoms. The Balaban J connectivity index is 0.00000266. The van der Waals surface area contributed by atoms with Crippen LogP contribution in [0.4, 0.5) is 0 Å². The molecule has 2 heterocycles. The summed E-state index contributed by atoms with van der Waals surface area (Å²) < 4.78 is 5.95. The number of amides is 1. The van der Waals surface area contributed by atoms with Gasteiger partial charge in [0.05, 0.1) is 24.6 Å². The number of fused-ring (bicyclic) bond motifs is 1. The van der Waals surface area contributed by atoms with Crippen LogP contribution in [0.3, 0.4) is 0 Å². The molecule has 6 nitrogen and oxygen atoms in total. The van der Waals surface area contributed by atoms with E-state index in [-0.39, 0.29) is 23.0 Å². The van der Waals surface area contributed by atoms with E-state index in [2.05, 4.69) is 113 Å². The van der Waals surface area contributed by atoms with Crippen molar-refractivity contribution in [3.8, 4) is 5.75 Å². The van der Waals surface area contributed by atoms with E-state index in [0.717, 1.165) is 82.7 Å². The van der Waals surface area contributed by atoms with Crippen LogP contribution in [0.2, 0.25) is 0 Å². The van der Waals surface area contributed by atoms with Gasteiger partial charge in [0.25, 0.3) is 0 Å². The molecule has 3 unspecified atom stereocenters. The smallest absolute Gasteiger partial charge is 0.227 e. The van der Waals surface area contributed by atoms with Gasteiger partial charge >= 0.3 is 0 Å². The maximum Gasteiger partial charge on any atom is 0.227 e. The van der Waals surface area contributed by atoms with Crippen LogP contribution in [0.15, 0.2) is 97.1 Å². The number of quaternary nitrogens is 1. The third-order valence-corrected chi connectivity index (χ3v) is 11.4. The molecule has 4 aromatic carbocycles. The molecular formula is C46H62BrN4O2+. The van der Waals surface area contributed by atoms with Gasteiger partial charge in [-0.25, -0.2) is 0 Å².